The Labute approximate surface area is 121 Å². The lowest BCUT2D eigenvalue weighted by Gasteiger charge is -2.36. The third-order valence-electron chi connectivity index (χ3n) is 4.58. The van der Waals surface area contributed by atoms with Crippen molar-refractivity contribution in [1.29, 1.82) is 0 Å². The molecule has 3 rings (SSSR count). The van der Waals surface area contributed by atoms with Gasteiger partial charge >= 0.3 is 0 Å². The van der Waals surface area contributed by atoms with Crippen molar-refractivity contribution in [1.82, 2.24) is 4.90 Å². The maximum atomic E-state index is 12.8. The van der Waals surface area contributed by atoms with Crippen LogP contribution in [0.1, 0.15) is 54.9 Å². The van der Waals surface area contributed by atoms with Gasteiger partial charge in [0.05, 0.1) is 0 Å². The number of carbonyl (C=O) groups excluding carboxylic acids is 1. The Morgan fingerprint density at radius 3 is 3.15 bits per heavy atom. The fourth-order valence-electron chi connectivity index (χ4n) is 3.49. The van der Waals surface area contributed by atoms with Crippen LogP contribution in [0.3, 0.4) is 0 Å². The predicted molar refractivity (Wildman–Crippen MR) is 82.2 cm³/mol. The van der Waals surface area contributed by atoms with Crippen LogP contribution >= 0.6 is 0 Å². The van der Waals surface area contributed by atoms with Crippen molar-refractivity contribution in [3.05, 3.63) is 29.3 Å². The molecular weight excluding hydrogens is 248 g/mol. The van der Waals surface area contributed by atoms with Crippen LogP contribution < -0.4 is 5.32 Å². The number of carbonyl (C=O) groups is 1. The van der Waals surface area contributed by atoms with Crippen molar-refractivity contribution in [2.45, 2.75) is 51.5 Å². The average Bonchev–Trinajstić information content (AvgIpc) is 2.95. The number of benzene rings is 1. The van der Waals surface area contributed by atoms with Crippen LogP contribution in [0, 0.1) is 0 Å². The second-order valence-electron chi connectivity index (χ2n) is 5.99. The van der Waals surface area contributed by atoms with Crippen molar-refractivity contribution in [3.63, 3.8) is 0 Å². The molecule has 2 aliphatic rings. The first-order chi connectivity index (χ1) is 9.79. The highest BCUT2D eigenvalue weighted by Crippen LogP contribution is 2.27. The SMILES string of the molecule is CCCC1CCCCN1C(=O)c1ccc2c(c1)NCC2. The summed E-state index contributed by atoms with van der Waals surface area (Å²) in [5, 5.41) is 3.36. The highest BCUT2D eigenvalue weighted by molar-refractivity contribution is 5.95. The quantitative estimate of drug-likeness (QED) is 0.914. The summed E-state index contributed by atoms with van der Waals surface area (Å²) in [7, 11) is 0. The van der Waals surface area contributed by atoms with Gasteiger partial charge in [0.2, 0.25) is 0 Å². The van der Waals surface area contributed by atoms with Crippen LogP contribution in [-0.2, 0) is 6.42 Å². The Bertz CT molecular complexity index is 496. The van der Waals surface area contributed by atoms with E-state index in [9.17, 15) is 4.79 Å². The van der Waals surface area contributed by atoms with Crippen molar-refractivity contribution in [2.75, 3.05) is 18.4 Å². The summed E-state index contributed by atoms with van der Waals surface area (Å²) in [6.45, 7) is 4.12. The zero-order valence-electron chi connectivity index (χ0n) is 12.3. The van der Waals surface area contributed by atoms with E-state index in [-0.39, 0.29) is 5.91 Å². The molecule has 0 saturated carbocycles. The summed E-state index contributed by atoms with van der Waals surface area (Å²) < 4.78 is 0. The number of nitrogens with one attached hydrogen (secondary N) is 1. The maximum Gasteiger partial charge on any atom is 0.254 e. The molecule has 108 valence electrons. The van der Waals surface area contributed by atoms with Gasteiger partial charge in [-0.1, -0.05) is 19.4 Å². The van der Waals surface area contributed by atoms with Crippen molar-refractivity contribution in [2.24, 2.45) is 0 Å². The van der Waals surface area contributed by atoms with E-state index in [0.717, 1.165) is 50.0 Å². The van der Waals surface area contributed by atoms with E-state index in [1.165, 1.54) is 18.4 Å². The predicted octanol–water partition coefficient (Wildman–Crippen LogP) is 3.45. The van der Waals surface area contributed by atoms with Crippen LogP contribution in [0.2, 0.25) is 0 Å². The third-order valence-corrected chi connectivity index (χ3v) is 4.58. The van der Waals surface area contributed by atoms with E-state index in [1.807, 2.05) is 12.1 Å². The smallest absolute Gasteiger partial charge is 0.254 e. The van der Waals surface area contributed by atoms with Crippen LogP contribution in [0.4, 0.5) is 5.69 Å². The molecule has 0 bridgehead atoms. The van der Waals surface area contributed by atoms with Gasteiger partial charge in [-0.2, -0.15) is 0 Å². The van der Waals surface area contributed by atoms with Crippen molar-refractivity contribution in [3.8, 4) is 0 Å². The number of likely N-dealkylation sites (tertiary alicyclic amines) is 1. The fraction of sp³-hybridized carbons (Fsp3) is 0.588. The van der Waals surface area contributed by atoms with Gasteiger partial charge < -0.3 is 10.2 Å². The summed E-state index contributed by atoms with van der Waals surface area (Å²) in [4.78, 5) is 14.9. The number of rotatable bonds is 3. The van der Waals surface area contributed by atoms with E-state index in [2.05, 4.69) is 23.2 Å². The molecule has 1 aromatic rings. The van der Waals surface area contributed by atoms with Gasteiger partial charge in [-0.15, -0.1) is 0 Å². The highest BCUT2D eigenvalue weighted by atomic mass is 16.2. The van der Waals surface area contributed by atoms with Crippen LogP contribution in [0.15, 0.2) is 18.2 Å². The Morgan fingerprint density at radius 1 is 1.40 bits per heavy atom. The Hall–Kier alpha value is -1.51. The number of anilines is 1. The minimum atomic E-state index is 0.222. The minimum Gasteiger partial charge on any atom is -0.384 e. The van der Waals surface area contributed by atoms with Crippen LogP contribution in [-0.4, -0.2) is 29.9 Å². The lowest BCUT2D eigenvalue weighted by atomic mass is 9.97. The lowest BCUT2D eigenvalue weighted by Crippen LogP contribution is -2.43. The summed E-state index contributed by atoms with van der Waals surface area (Å²) in [5.41, 5.74) is 3.34. The van der Waals surface area contributed by atoms with E-state index in [1.54, 1.807) is 0 Å². The second kappa shape index (κ2) is 5.86. The summed E-state index contributed by atoms with van der Waals surface area (Å²) in [6, 6.07) is 6.61. The molecule has 1 atom stereocenters. The molecule has 1 unspecified atom stereocenters. The van der Waals surface area contributed by atoms with E-state index in [0.29, 0.717) is 6.04 Å². The molecule has 3 heteroatoms. The van der Waals surface area contributed by atoms with Gasteiger partial charge in [0, 0.05) is 30.4 Å². The molecule has 1 amide bonds. The third kappa shape index (κ3) is 2.54. The number of hydrogen-bond acceptors (Lipinski definition) is 2. The van der Waals surface area contributed by atoms with Gasteiger partial charge in [-0.25, -0.2) is 0 Å². The minimum absolute atomic E-state index is 0.222. The molecular formula is C17H24N2O. The summed E-state index contributed by atoms with van der Waals surface area (Å²) in [6.07, 6.45) is 6.94. The van der Waals surface area contributed by atoms with Gasteiger partial charge in [-0.05, 0) is 49.8 Å². The van der Waals surface area contributed by atoms with Crippen LogP contribution in [0.5, 0.6) is 0 Å². The van der Waals surface area contributed by atoms with Crippen molar-refractivity contribution < 1.29 is 4.79 Å². The summed E-state index contributed by atoms with van der Waals surface area (Å²) >= 11 is 0. The van der Waals surface area contributed by atoms with Gasteiger partial charge in [0.1, 0.15) is 0 Å². The largest absolute Gasteiger partial charge is 0.384 e. The lowest BCUT2D eigenvalue weighted by molar-refractivity contribution is 0.0600. The van der Waals surface area contributed by atoms with E-state index in [4.69, 9.17) is 0 Å². The number of fused-ring (bicyclic) bond motifs is 1. The molecule has 2 aliphatic heterocycles. The molecule has 0 radical (unpaired) electrons. The Morgan fingerprint density at radius 2 is 2.30 bits per heavy atom. The Balaban J connectivity index is 1.80. The van der Waals surface area contributed by atoms with E-state index >= 15 is 0 Å². The molecule has 0 spiro atoms. The maximum absolute atomic E-state index is 12.8. The number of hydrogen-bond donors (Lipinski definition) is 1. The van der Waals surface area contributed by atoms with Gasteiger partial charge in [0.15, 0.2) is 0 Å². The Kier molecular flexibility index (Phi) is 3.95. The molecule has 1 saturated heterocycles. The summed E-state index contributed by atoms with van der Waals surface area (Å²) in [5.74, 6) is 0.222. The van der Waals surface area contributed by atoms with Crippen molar-refractivity contribution >= 4 is 11.6 Å². The van der Waals surface area contributed by atoms with Gasteiger partial charge in [0.25, 0.3) is 5.91 Å². The van der Waals surface area contributed by atoms with Gasteiger partial charge in [-0.3, -0.25) is 4.79 Å². The normalized spacial score (nSPS) is 21.4. The first-order valence-electron chi connectivity index (χ1n) is 7.97. The highest BCUT2D eigenvalue weighted by Gasteiger charge is 2.27. The van der Waals surface area contributed by atoms with Crippen LogP contribution in [0.25, 0.3) is 0 Å². The molecule has 0 aliphatic carbocycles. The zero-order valence-corrected chi connectivity index (χ0v) is 12.3. The molecule has 2 heterocycles. The molecule has 1 fully saturated rings. The van der Waals surface area contributed by atoms with E-state index < -0.39 is 0 Å². The molecule has 1 N–H and O–H groups in total. The molecule has 0 aromatic heterocycles. The molecule has 3 nitrogen and oxygen atoms in total. The number of piperidine rings is 1. The fourth-order valence-corrected chi connectivity index (χ4v) is 3.49. The number of nitrogens with zero attached hydrogens (tertiary/aromatic N) is 1. The first kappa shape index (κ1) is 13.5. The topological polar surface area (TPSA) is 32.3 Å². The zero-order chi connectivity index (χ0) is 13.9. The second-order valence-corrected chi connectivity index (χ2v) is 5.99. The monoisotopic (exact) mass is 272 g/mol. The average molecular weight is 272 g/mol. The molecule has 1 aromatic carbocycles. The standard InChI is InChI=1S/C17H24N2O/c1-2-5-15-6-3-4-11-19(15)17(20)14-8-7-13-9-10-18-16(13)12-14/h7-8,12,15,18H,2-6,9-11H2,1H3. The number of amides is 1. The molecule has 20 heavy (non-hydrogen) atoms. The first-order valence-corrected chi connectivity index (χ1v) is 7.97.